The van der Waals surface area contributed by atoms with Gasteiger partial charge in [-0.1, -0.05) is 18.2 Å². The summed E-state index contributed by atoms with van der Waals surface area (Å²) in [6.07, 6.45) is 0.533. The zero-order valence-corrected chi connectivity index (χ0v) is 19.3. The van der Waals surface area contributed by atoms with Gasteiger partial charge < -0.3 is 14.0 Å². The van der Waals surface area contributed by atoms with Crippen LogP contribution in [0.5, 0.6) is 11.5 Å². The highest BCUT2D eigenvalue weighted by Gasteiger charge is 2.31. The molecule has 2 aromatic carbocycles. The average Bonchev–Trinajstić information content (AvgIpc) is 3.30. The van der Waals surface area contributed by atoms with E-state index >= 15 is 0 Å². The van der Waals surface area contributed by atoms with Crippen LogP contribution in [0.1, 0.15) is 44.6 Å². The number of aromatic nitrogens is 1. The van der Waals surface area contributed by atoms with Crippen molar-refractivity contribution in [1.29, 1.82) is 0 Å². The molecule has 0 radical (unpaired) electrons. The molecule has 1 unspecified atom stereocenters. The normalized spacial score (nSPS) is 17.0. The van der Waals surface area contributed by atoms with Crippen molar-refractivity contribution >= 4 is 21.6 Å². The maximum atomic E-state index is 12.7. The summed E-state index contributed by atoms with van der Waals surface area (Å²) in [5, 5.41) is 0. The maximum Gasteiger partial charge on any atom is 0.338 e. The zero-order valence-electron chi connectivity index (χ0n) is 18.5. The Morgan fingerprint density at radius 3 is 2.30 bits per heavy atom. The standard InChI is InChI=1S/C25H25NO6S/c1-17-14-23(18(2)26(17)20-12-13-33(29,30)16-20)24(27)15-31-25(28)19-8-10-22(11-9-19)32-21-6-4-3-5-7-21/h3-11,14,20H,12-13,15-16H2,1-2H3. The van der Waals surface area contributed by atoms with E-state index in [0.29, 0.717) is 34.7 Å². The molecular weight excluding hydrogens is 442 g/mol. The van der Waals surface area contributed by atoms with Crippen LogP contribution in [0.25, 0.3) is 0 Å². The van der Waals surface area contributed by atoms with Crippen molar-refractivity contribution in [2.24, 2.45) is 0 Å². The number of esters is 1. The zero-order chi connectivity index (χ0) is 23.6. The number of nitrogens with zero attached hydrogens (tertiary/aromatic N) is 1. The minimum Gasteiger partial charge on any atom is -0.457 e. The molecule has 4 rings (SSSR count). The number of para-hydroxylation sites is 1. The first-order valence-corrected chi connectivity index (χ1v) is 12.5. The minimum atomic E-state index is -3.05. The second-order valence-electron chi connectivity index (χ2n) is 8.15. The first-order chi connectivity index (χ1) is 15.7. The lowest BCUT2D eigenvalue weighted by Crippen LogP contribution is -2.17. The molecular formula is C25H25NO6S. The van der Waals surface area contributed by atoms with Crippen LogP contribution >= 0.6 is 0 Å². The molecule has 0 spiro atoms. The van der Waals surface area contributed by atoms with Crippen molar-refractivity contribution < 1.29 is 27.5 Å². The van der Waals surface area contributed by atoms with Gasteiger partial charge in [-0.05, 0) is 62.7 Å². The van der Waals surface area contributed by atoms with Gasteiger partial charge in [0.15, 0.2) is 16.4 Å². The number of ether oxygens (including phenoxy) is 2. The molecule has 2 heterocycles. The van der Waals surface area contributed by atoms with Crippen molar-refractivity contribution in [1.82, 2.24) is 4.57 Å². The third-order valence-corrected chi connectivity index (χ3v) is 7.51. The van der Waals surface area contributed by atoms with Crippen LogP contribution in [0.2, 0.25) is 0 Å². The number of Topliss-reactive ketones (excluding diaryl/α,β-unsaturated/α-hetero) is 1. The molecule has 8 heteroatoms. The highest BCUT2D eigenvalue weighted by molar-refractivity contribution is 7.91. The number of carbonyl (C=O) groups excluding carboxylic acids is 2. The van der Waals surface area contributed by atoms with E-state index in [-0.39, 0.29) is 23.3 Å². The van der Waals surface area contributed by atoms with Gasteiger partial charge in [-0.2, -0.15) is 0 Å². The molecule has 0 bridgehead atoms. The summed E-state index contributed by atoms with van der Waals surface area (Å²) in [7, 11) is -3.05. The molecule has 33 heavy (non-hydrogen) atoms. The molecule has 0 amide bonds. The first kappa shape index (κ1) is 22.8. The number of aryl methyl sites for hydroxylation is 1. The molecule has 3 aromatic rings. The first-order valence-electron chi connectivity index (χ1n) is 10.7. The highest BCUT2D eigenvalue weighted by atomic mass is 32.2. The lowest BCUT2D eigenvalue weighted by atomic mass is 10.1. The van der Waals surface area contributed by atoms with Crippen LogP contribution in [0.15, 0.2) is 60.7 Å². The summed E-state index contributed by atoms with van der Waals surface area (Å²) in [6, 6.07) is 17.3. The molecule has 1 atom stereocenters. The van der Waals surface area contributed by atoms with E-state index < -0.39 is 22.4 Å². The van der Waals surface area contributed by atoms with Gasteiger partial charge in [0.2, 0.25) is 5.78 Å². The Kier molecular flexibility index (Phi) is 6.37. The SMILES string of the molecule is Cc1cc(C(=O)COC(=O)c2ccc(Oc3ccccc3)cc2)c(C)n1C1CCS(=O)(=O)C1. The average molecular weight is 468 g/mol. The van der Waals surface area contributed by atoms with E-state index in [1.165, 1.54) is 0 Å². The molecule has 1 aromatic heterocycles. The van der Waals surface area contributed by atoms with Crippen molar-refractivity contribution in [3.8, 4) is 11.5 Å². The summed E-state index contributed by atoms with van der Waals surface area (Å²) < 4.78 is 36.6. The largest absolute Gasteiger partial charge is 0.457 e. The van der Waals surface area contributed by atoms with E-state index in [4.69, 9.17) is 9.47 Å². The van der Waals surface area contributed by atoms with Crippen LogP contribution in [0, 0.1) is 13.8 Å². The Balaban J connectivity index is 1.38. The van der Waals surface area contributed by atoms with E-state index in [1.807, 2.05) is 41.8 Å². The number of sulfone groups is 1. The van der Waals surface area contributed by atoms with Gasteiger partial charge in [0, 0.05) is 23.0 Å². The van der Waals surface area contributed by atoms with Crippen LogP contribution in [0.3, 0.4) is 0 Å². The van der Waals surface area contributed by atoms with Gasteiger partial charge >= 0.3 is 5.97 Å². The fourth-order valence-corrected chi connectivity index (χ4v) is 5.88. The molecule has 0 N–H and O–H groups in total. The van der Waals surface area contributed by atoms with Crippen LogP contribution in [-0.4, -0.2) is 42.9 Å². The fraction of sp³-hybridized carbons (Fsp3) is 0.280. The quantitative estimate of drug-likeness (QED) is 0.380. The third kappa shape index (κ3) is 5.17. The second-order valence-corrected chi connectivity index (χ2v) is 10.4. The summed E-state index contributed by atoms with van der Waals surface area (Å²) in [5.41, 5.74) is 2.26. The topological polar surface area (TPSA) is 91.7 Å². The number of carbonyl (C=O) groups is 2. The van der Waals surface area contributed by atoms with E-state index in [0.717, 1.165) is 5.69 Å². The molecule has 172 valence electrons. The summed E-state index contributed by atoms with van der Waals surface area (Å²) >= 11 is 0. The lowest BCUT2D eigenvalue weighted by Gasteiger charge is -2.16. The Labute approximate surface area is 192 Å². The molecule has 1 aliphatic heterocycles. The van der Waals surface area contributed by atoms with Crippen LogP contribution in [0.4, 0.5) is 0 Å². The molecule has 0 saturated carbocycles. The smallest absolute Gasteiger partial charge is 0.338 e. The lowest BCUT2D eigenvalue weighted by molar-refractivity contribution is 0.0474. The Bertz CT molecular complexity index is 1280. The van der Waals surface area contributed by atoms with Crippen molar-refractivity contribution in [2.75, 3.05) is 18.1 Å². The Morgan fingerprint density at radius 1 is 1.00 bits per heavy atom. The number of benzene rings is 2. The van der Waals surface area contributed by atoms with Gasteiger partial charge in [0.05, 0.1) is 17.1 Å². The van der Waals surface area contributed by atoms with Gasteiger partial charge in [0.1, 0.15) is 11.5 Å². The molecule has 0 aliphatic carbocycles. The molecule has 1 saturated heterocycles. The van der Waals surface area contributed by atoms with Gasteiger partial charge in [-0.15, -0.1) is 0 Å². The summed E-state index contributed by atoms with van der Waals surface area (Å²) in [5.74, 6) is 0.570. The maximum absolute atomic E-state index is 12.7. The number of hydrogen-bond donors (Lipinski definition) is 0. The summed E-state index contributed by atoms with van der Waals surface area (Å²) in [6.45, 7) is 3.24. The third-order valence-electron chi connectivity index (χ3n) is 5.76. The number of rotatable bonds is 7. The van der Waals surface area contributed by atoms with Gasteiger partial charge in [0.25, 0.3) is 0 Å². The van der Waals surface area contributed by atoms with Crippen LogP contribution in [-0.2, 0) is 14.6 Å². The van der Waals surface area contributed by atoms with Crippen LogP contribution < -0.4 is 4.74 Å². The van der Waals surface area contributed by atoms with E-state index in [9.17, 15) is 18.0 Å². The fourth-order valence-electron chi connectivity index (χ4n) is 4.18. The monoisotopic (exact) mass is 467 g/mol. The minimum absolute atomic E-state index is 0.0793. The van der Waals surface area contributed by atoms with Gasteiger partial charge in [-0.3, -0.25) is 4.79 Å². The van der Waals surface area contributed by atoms with E-state index in [1.54, 1.807) is 37.3 Å². The number of hydrogen-bond acceptors (Lipinski definition) is 6. The predicted molar refractivity (Wildman–Crippen MR) is 124 cm³/mol. The molecule has 1 fully saturated rings. The summed E-state index contributed by atoms with van der Waals surface area (Å²) in [4.78, 5) is 25.1. The highest BCUT2D eigenvalue weighted by Crippen LogP contribution is 2.29. The molecule has 7 nitrogen and oxygen atoms in total. The number of ketones is 1. The van der Waals surface area contributed by atoms with Crippen molar-refractivity contribution in [3.05, 3.63) is 83.2 Å². The van der Waals surface area contributed by atoms with Gasteiger partial charge in [-0.25, -0.2) is 13.2 Å². The molecule has 1 aliphatic rings. The Hall–Kier alpha value is -3.39. The van der Waals surface area contributed by atoms with E-state index in [2.05, 4.69) is 0 Å². The van der Waals surface area contributed by atoms with Crippen molar-refractivity contribution in [2.45, 2.75) is 26.3 Å². The second kappa shape index (κ2) is 9.23. The van der Waals surface area contributed by atoms with Crippen molar-refractivity contribution in [3.63, 3.8) is 0 Å². The predicted octanol–water partition coefficient (Wildman–Crippen LogP) is 4.30. The Morgan fingerprint density at radius 2 is 1.67 bits per heavy atom.